The quantitative estimate of drug-likeness (QED) is 0.113. The van der Waals surface area contributed by atoms with Gasteiger partial charge in [0.05, 0.1) is 46.0 Å². The Morgan fingerprint density at radius 2 is 0.750 bits per heavy atom. The maximum atomic E-state index is 16.6. The van der Waals surface area contributed by atoms with Gasteiger partial charge in [0.2, 0.25) is 0 Å². The predicted octanol–water partition coefficient (Wildman–Crippen LogP) is 15.4. The molecule has 64 heavy (non-hydrogen) atoms. The van der Waals surface area contributed by atoms with E-state index in [0.29, 0.717) is 44.6 Å². The first-order chi connectivity index (χ1) is 31.1. The van der Waals surface area contributed by atoms with Crippen LogP contribution in [0.15, 0.2) is 170 Å². The number of hydrogen-bond donors (Lipinski definition) is 0. The second kappa shape index (κ2) is 15.7. The summed E-state index contributed by atoms with van der Waals surface area (Å²) in [6.45, 7) is 0. The van der Waals surface area contributed by atoms with Gasteiger partial charge < -0.3 is 9.80 Å². The van der Waals surface area contributed by atoms with Gasteiger partial charge in [-0.05, 0) is 130 Å². The van der Waals surface area contributed by atoms with Crippen molar-refractivity contribution in [1.29, 1.82) is 10.5 Å². The smallest absolute Gasteiger partial charge is 0.148 e. The summed E-state index contributed by atoms with van der Waals surface area (Å²) in [5.74, 6) is -4.39. The fourth-order valence-corrected chi connectivity index (χ4v) is 8.52. The Morgan fingerprint density at radius 1 is 0.359 bits per heavy atom. The van der Waals surface area contributed by atoms with E-state index in [4.69, 9.17) is 0 Å². The molecule has 0 unspecified atom stereocenters. The van der Waals surface area contributed by atoms with Crippen LogP contribution in [0, 0.1) is 57.6 Å². The molecule has 0 saturated carbocycles. The van der Waals surface area contributed by atoms with Crippen molar-refractivity contribution < 1.29 is 26.3 Å². The first kappa shape index (κ1) is 39.5. The molecule has 0 radical (unpaired) electrons. The molecule has 0 fully saturated rings. The lowest BCUT2D eigenvalue weighted by molar-refractivity contribution is 0.603. The van der Waals surface area contributed by atoms with Gasteiger partial charge in [-0.3, -0.25) is 0 Å². The van der Waals surface area contributed by atoms with Crippen molar-refractivity contribution in [2.45, 2.75) is 0 Å². The van der Waals surface area contributed by atoms with Crippen LogP contribution >= 0.6 is 0 Å². The average Bonchev–Trinajstić information content (AvgIpc) is 3.31. The molecule has 0 spiro atoms. The van der Waals surface area contributed by atoms with E-state index >= 15 is 17.6 Å². The van der Waals surface area contributed by atoms with Crippen LogP contribution in [-0.2, 0) is 0 Å². The third-order valence-corrected chi connectivity index (χ3v) is 11.4. The Morgan fingerprint density at radius 3 is 1.12 bits per heavy atom. The minimum atomic E-state index is -0.797. The molecule has 10 rings (SSSR count). The summed E-state index contributed by atoms with van der Waals surface area (Å²) in [7, 11) is 0. The zero-order chi connectivity index (χ0) is 44.2. The van der Waals surface area contributed by atoms with Gasteiger partial charge in [0.25, 0.3) is 0 Å². The fourth-order valence-electron chi connectivity index (χ4n) is 8.52. The van der Waals surface area contributed by atoms with Crippen LogP contribution in [0.3, 0.4) is 0 Å². The Labute approximate surface area is 362 Å². The van der Waals surface area contributed by atoms with Gasteiger partial charge >= 0.3 is 0 Å². The van der Waals surface area contributed by atoms with E-state index in [2.05, 4.69) is 12.1 Å². The molecule has 10 aromatic carbocycles. The van der Waals surface area contributed by atoms with Crippen LogP contribution in [0.2, 0.25) is 0 Å². The van der Waals surface area contributed by atoms with Gasteiger partial charge in [-0.15, -0.1) is 0 Å². The van der Waals surface area contributed by atoms with Gasteiger partial charge in [-0.1, -0.05) is 60.7 Å². The molecule has 0 aliphatic carbocycles. The maximum absolute atomic E-state index is 16.6. The second-order valence-corrected chi connectivity index (χ2v) is 15.2. The topological polar surface area (TPSA) is 54.1 Å². The summed E-state index contributed by atoms with van der Waals surface area (Å²) in [6.07, 6.45) is 0. The lowest BCUT2D eigenvalue weighted by Gasteiger charge is -2.30. The molecule has 0 atom stereocenters. The van der Waals surface area contributed by atoms with Crippen molar-refractivity contribution in [2.24, 2.45) is 0 Å². The third-order valence-electron chi connectivity index (χ3n) is 11.4. The van der Waals surface area contributed by atoms with Gasteiger partial charge in [-0.2, -0.15) is 10.5 Å². The van der Waals surface area contributed by atoms with Gasteiger partial charge in [-0.25, -0.2) is 26.3 Å². The summed E-state index contributed by atoms with van der Waals surface area (Å²) >= 11 is 0. The van der Waals surface area contributed by atoms with Crippen LogP contribution in [0.4, 0.5) is 60.5 Å². The molecule has 0 bridgehead atoms. The number of rotatable bonds is 8. The van der Waals surface area contributed by atoms with Gasteiger partial charge in [0.15, 0.2) is 0 Å². The zero-order valence-corrected chi connectivity index (χ0v) is 33.2. The molecular formula is C54H28F6N4. The molecule has 4 nitrogen and oxygen atoms in total. The first-order valence-electron chi connectivity index (χ1n) is 19.9. The molecule has 0 aliphatic rings. The van der Waals surface area contributed by atoms with Crippen LogP contribution in [0.5, 0.6) is 0 Å². The number of hydrogen-bond acceptors (Lipinski definition) is 4. The van der Waals surface area contributed by atoms with Crippen molar-refractivity contribution in [1.82, 2.24) is 0 Å². The van der Waals surface area contributed by atoms with Crippen molar-refractivity contribution in [2.75, 3.05) is 9.80 Å². The van der Waals surface area contributed by atoms with E-state index in [-0.39, 0.29) is 33.6 Å². The molecule has 306 valence electrons. The highest BCUT2D eigenvalue weighted by Gasteiger charge is 2.26. The Balaban J connectivity index is 1.20. The summed E-state index contributed by atoms with van der Waals surface area (Å²) in [5, 5.41) is 23.5. The Bertz CT molecular complexity index is 3320. The van der Waals surface area contributed by atoms with E-state index in [1.54, 1.807) is 70.5 Å². The Kier molecular flexibility index (Phi) is 9.70. The maximum Gasteiger partial charge on any atom is 0.148 e. The highest BCUT2D eigenvalue weighted by molar-refractivity contribution is 6.28. The minimum absolute atomic E-state index is 0.129. The summed E-state index contributed by atoms with van der Waals surface area (Å²) in [4.78, 5) is 3.12. The standard InChI is InChI=1S/C54H28F6N4/c55-37-5-1-3-35(23-37)43-25-47(59)51(27-45(43)57)63(39-15-7-31(29-61)8-16-39)49-21-13-33-12-20-42-50(22-14-34-11-19-41(49)53(33)54(34)42)64(40-17-9-32(30-62)10-18-40)52-28-46(58)44(26-48(52)60)36-4-2-6-38(56)24-36/h1-28H. The Hall–Kier alpha value is -8.60. The largest absolute Gasteiger partial charge is 0.307 e. The number of halogens is 6. The second-order valence-electron chi connectivity index (χ2n) is 15.2. The van der Waals surface area contributed by atoms with E-state index in [1.165, 1.54) is 36.4 Å². The monoisotopic (exact) mass is 846 g/mol. The lowest BCUT2D eigenvalue weighted by atomic mass is 9.91. The molecular weight excluding hydrogens is 819 g/mol. The summed E-state index contributed by atoms with van der Waals surface area (Å²) in [6, 6.07) is 46.5. The highest BCUT2D eigenvalue weighted by atomic mass is 19.1. The van der Waals surface area contributed by atoms with Crippen molar-refractivity contribution >= 4 is 66.4 Å². The van der Waals surface area contributed by atoms with Crippen molar-refractivity contribution in [3.63, 3.8) is 0 Å². The van der Waals surface area contributed by atoms with Gasteiger partial charge in [0.1, 0.15) is 34.9 Å². The normalized spacial score (nSPS) is 11.2. The van der Waals surface area contributed by atoms with E-state index in [1.807, 2.05) is 36.4 Å². The van der Waals surface area contributed by atoms with E-state index in [0.717, 1.165) is 57.9 Å². The van der Waals surface area contributed by atoms with Crippen molar-refractivity contribution in [3.05, 3.63) is 216 Å². The number of nitriles is 2. The summed E-state index contributed by atoms with van der Waals surface area (Å²) < 4.78 is 94.0. The highest BCUT2D eigenvalue weighted by Crippen LogP contribution is 2.49. The van der Waals surface area contributed by atoms with Gasteiger partial charge in [0, 0.05) is 45.4 Å². The molecule has 10 aromatic rings. The number of anilines is 6. The molecule has 0 heterocycles. The van der Waals surface area contributed by atoms with Crippen LogP contribution in [0.1, 0.15) is 11.1 Å². The van der Waals surface area contributed by atoms with Crippen LogP contribution in [-0.4, -0.2) is 0 Å². The van der Waals surface area contributed by atoms with E-state index < -0.39 is 34.9 Å². The number of benzene rings is 10. The molecule has 10 heteroatoms. The third kappa shape index (κ3) is 6.75. The predicted molar refractivity (Wildman–Crippen MR) is 240 cm³/mol. The lowest BCUT2D eigenvalue weighted by Crippen LogP contribution is -2.14. The molecule has 0 aromatic heterocycles. The first-order valence-corrected chi connectivity index (χ1v) is 19.9. The fraction of sp³-hybridized carbons (Fsp3) is 0. The van der Waals surface area contributed by atoms with Crippen molar-refractivity contribution in [3.8, 4) is 34.4 Å². The van der Waals surface area contributed by atoms with Crippen LogP contribution in [0.25, 0.3) is 54.6 Å². The molecule has 0 saturated heterocycles. The summed E-state index contributed by atoms with van der Waals surface area (Å²) in [5.41, 5.74) is 2.21. The van der Waals surface area contributed by atoms with Crippen LogP contribution < -0.4 is 9.80 Å². The minimum Gasteiger partial charge on any atom is -0.307 e. The SMILES string of the molecule is N#Cc1ccc(N(c2cc(F)c(-c3cccc(F)c3)cc2F)c2ccc3ccc4c(N(c5ccc(C#N)cc5)c5cc(F)c(-c6cccc(F)c6)cc5F)ccc5ccc2c3c54)cc1. The average molecular weight is 847 g/mol. The molecule has 0 N–H and O–H groups in total. The molecule has 0 aliphatic heterocycles. The molecule has 0 amide bonds. The number of nitrogens with zero attached hydrogens (tertiary/aromatic N) is 4. The zero-order valence-electron chi connectivity index (χ0n) is 33.2. The van der Waals surface area contributed by atoms with E-state index in [9.17, 15) is 19.3 Å².